The Morgan fingerprint density at radius 3 is 2.77 bits per heavy atom. The van der Waals surface area contributed by atoms with E-state index >= 15 is 0 Å². The molecule has 1 aromatic heterocycles. The minimum Gasteiger partial charge on any atom is -0.354 e. The summed E-state index contributed by atoms with van der Waals surface area (Å²) in [7, 11) is 2.04. The van der Waals surface area contributed by atoms with Crippen LogP contribution in [0.4, 0.5) is 0 Å². The van der Waals surface area contributed by atoms with Gasteiger partial charge in [-0.25, -0.2) is 0 Å². The van der Waals surface area contributed by atoms with E-state index in [1.807, 2.05) is 37.4 Å². The van der Waals surface area contributed by atoms with Crippen LogP contribution >= 0.6 is 0 Å². The number of aryl methyl sites for hydroxylation is 1. The Kier molecular flexibility index (Phi) is 4.51. The maximum atomic E-state index is 13.0. The lowest BCUT2D eigenvalue weighted by Gasteiger charge is -2.23. The molecule has 5 rings (SSSR count). The van der Waals surface area contributed by atoms with Crippen LogP contribution in [0.2, 0.25) is 0 Å². The zero-order chi connectivity index (χ0) is 20.7. The second-order valence-corrected chi connectivity index (χ2v) is 7.87. The summed E-state index contributed by atoms with van der Waals surface area (Å²) in [5.74, 6) is -0.315. The van der Waals surface area contributed by atoms with Gasteiger partial charge in [-0.3, -0.25) is 9.59 Å². The summed E-state index contributed by atoms with van der Waals surface area (Å²) < 4.78 is 2.10. The molecule has 0 saturated carbocycles. The van der Waals surface area contributed by atoms with E-state index in [0.717, 1.165) is 28.3 Å². The number of benzene rings is 3. The monoisotopic (exact) mass is 397 g/mol. The number of aromatic nitrogens is 1. The van der Waals surface area contributed by atoms with Gasteiger partial charge in [-0.05, 0) is 59.0 Å². The lowest BCUT2D eigenvalue weighted by molar-refractivity contribution is -0.124. The van der Waals surface area contributed by atoms with Crippen LogP contribution in [0.3, 0.4) is 0 Å². The van der Waals surface area contributed by atoms with Gasteiger partial charge in [0.15, 0.2) is 0 Å². The molecule has 0 bridgehead atoms. The number of rotatable bonds is 3. The molecule has 1 atom stereocenters. The molecule has 1 saturated heterocycles. The van der Waals surface area contributed by atoms with Crippen molar-refractivity contribution in [3.63, 3.8) is 0 Å². The largest absolute Gasteiger partial charge is 0.354 e. The lowest BCUT2D eigenvalue weighted by atomic mass is 9.94. The van der Waals surface area contributed by atoms with E-state index in [4.69, 9.17) is 0 Å². The quantitative estimate of drug-likeness (QED) is 0.549. The van der Waals surface area contributed by atoms with Crippen LogP contribution in [-0.2, 0) is 11.8 Å². The molecule has 5 heteroatoms. The Morgan fingerprint density at radius 1 is 1.07 bits per heavy atom. The highest BCUT2D eigenvalue weighted by atomic mass is 16.2. The zero-order valence-electron chi connectivity index (χ0n) is 16.8. The molecule has 2 N–H and O–H groups in total. The first-order chi connectivity index (χ1) is 14.6. The summed E-state index contributed by atoms with van der Waals surface area (Å²) >= 11 is 0. The molecule has 150 valence electrons. The molecule has 0 radical (unpaired) electrons. The van der Waals surface area contributed by atoms with Crippen molar-refractivity contribution < 1.29 is 9.59 Å². The van der Waals surface area contributed by atoms with E-state index < -0.39 is 6.04 Å². The van der Waals surface area contributed by atoms with Gasteiger partial charge >= 0.3 is 0 Å². The molecule has 0 spiro atoms. The maximum absolute atomic E-state index is 13.0. The van der Waals surface area contributed by atoms with E-state index in [0.29, 0.717) is 18.5 Å². The van der Waals surface area contributed by atoms with Gasteiger partial charge in [0.25, 0.3) is 5.91 Å². The van der Waals surface area contributed by atoms with Crippen molar-refractivity contribution in [1.82, 2.24) is 15.2 Å². The number of carbonyl (C=O) groups excluding carboxylic acids is 2. The Balaban J connectivity index is 1.55. The van der Waals surface area contributed by atoms with Gasteiger partial charge < -0.3 is 15.2 Å². The number of carbonyl (C=O) groups is 2. The Labute approximate surface area is 174 Å². The highest BCUT2D eigenvalue weighted by Crippen LogP contribution is 2.32. The minimum absolute atomic E-state index is 0.105. The molecular weight excluding hydrogens is 374 g/mol. The number of nitrogens with one attached hydrogen (secondary N) is 2. The van der Waals surface area contributed by atoms with Gasteiger partial charge in [0.2, 0.25) is 5.91 Å². The van der Waals surface area contributed by atoms with Crippen LogP contribution in [-0.4, -0.2) is 29.0 Å². The molecule has 30 heavy (non-hydrogen) atoms. The average molecular weight is 397 g/mol. The van der Waals surface area contributed by atoms with Crippen molar-refractivity contribution in [2.75, 3.05) is 6.54 Å². The number of nitrogens with zero attached hydrogens (tertiary/aromatic N) is 1. The SMILES string of the molecule is Cn1ccc2cc(-c3cccc4c(C(=O)NC5CCCNC5=O)cccc34)ccc21. The van der Waals surface area contributed by atoms with Crippen LogP contribution in [0.15, 0.2) is 66.9 Å². The molecule has 4 aromatic rings. The molecule has 1 aliphatic rings. The van der Waals surface area contributed by atoms with Crippen molar-refractivity contribution in [3.05, 3.63) is 72.4 Å². The van der Waals surface area contributed by atoms with Crippen LogP contribution in [0, 0.1) is 0 Å². The molecule has 3 aromatic carbocycles. The third-order valence-electron chi connectivity index (χ3n) is 5.95. The third kappa shape index (κ3) is 3.12. The number of piperidine rings is 1. The topological polar surface area (TPSA) is 63.1 Å². The maximum Gasteiger partial charge on any atom is 0.252 e. The van der Waals surface area contributed by atoms with Gasteiger partial charge in [-0.15, -0.1) is 0 Å². The molecule has 5 nitrogen and oxygen atoms in total. The van der Waals surface area contributed by atoms with Crippen LogP contribution < -0.4 is 10.6 Å². The second kappa shape index (κ2) is 7.34. The minimum atomic E-state index is -0.467. The molecular formula is C25H23N3O2. The van der Waals surface area contributed by atoms with E-state index in [9.17, 15) is 9.59 Å². The summed E-state index contributed by atoms with van der Waals surface area (Å²) in [6.07, 6.45) is 3.60. The standard InChI is InChI=1S/C25H23N3O2/c1-28-14-12-17-15-16(10-11-23(17)28)18-5-2-7-20-19(18)6-3-8-21(20)24(29)27-22-9-4-13-26-25(22)30/h2-3,5-8,10-12,14-15,22H,4,9,13H2,1H3,(H,26,30)(H,27,29). The average Bonchev–Trinajstić information content (AvgIpc) is 3.14. The number of hydrogen-bond acceptors (Lipinski definition) is 2. The summed E-state index contributed by atoms with van der Waals surface area (Å²) in [6.45, 7) is 0.675. The summed E-state index contributed by atoms with van der Waals surface area (Å²) in [5, 5.41) is 8.82. The van der Waals surface area contributed by atoms with Crippen molar-refractivity contribution >= 4 is 33.5 Å². The number of hydrogen-bond donors (Lipinski definition) is 2. The van der Waals surface area contributed by atoms with Crippen molar-refractivity contribution in [1.29, 1.82) is 0 Å². The highest BCUT2D eigenvalue weighted by molar-refractivity contribution is 6.11. The smallest absolute Gasteiger partial charge is 0.252 e. The van der Waals surface area contributed by atoms with Crippen molar-refractivity contribution in [3.8, 4) is 11.1 Å². The first kappa shape index (κ1) is 18.4. The predicted molar refractivity (Wildman–Crippen MR) is 119 cm³/mol. The van der Waals surface area contributed by atoms with Crippen LogP contribution in [0.25, 0.3) is 32.8 Å². The zero-order valence-corrected chi connectivity index (χ0v) is 16.8. The lowest BCUT2D eigenvalue weighted by Crippen LogP contribution is -2.50. The number of fused-ring (bicyclic) bond motifs is 2. The fraction of sp³-hybridized carbons (Fsp3) is 0.200. The summed E-state index contributed by atoms with van der Waals surface area (Å²) in [6, 6.07) is 19.9. The number of amides is 2. The van der Waals surface area contributed by atoms with E-state index in [1.54, 1.807) is 0 Å². The van der Waals surface area contributed by atoms with Gasteiger partial charge in [0.05, 0.1) is 0 Å². The summed E-state index contributed by atoms with van der Waals surface area (Å²) in [5.41, 5.74) is 3.98. The molecule has 1 fully saturated rings. The van der Waals surface area contributed by atoms with Gasteiger partial charge in [-0.2, -0.15) is 0 Å². The van der Waals surface area contributed by atoms with E-state index in [1.165, 1.54) is 10.9 Å². The molecule has 2 heterocycles. The van der Waals surface area contributed by atoms with Gasteiger partial charge in [0.1, 0.15) is 6.04 Å². The molecule has 2 amide bonds. The predicted octanol–water partition coefficient (Wildman–Crippen LogP) is 4.01. The molecule has 0 aliphatic carbocycles. The van der Waals surface area contributed by atoms with Gasteiger partial charge in [0, 0.05) is 36.3 Å². The normalized spacial score (nSPS) is 16.6. The molecule has 1 aliphatic heterocycles. The van der Waals surface area contributed by atoms with Crippen molar-refractivity contribution in [2.45, 2.75) is 18.9 Å². The first-order valence-electron chi connectivity index (χ1n) is 10.3. The fourth-order valence-electron chi connectivity index (χ4n) is 4.35. The van der Waals surface area contributed by atoms with Crippen LogP contribution in [0.5, 0.6) is 0 Å². The Morgan fingerprint density at radius 2 is 1.90 bits per heavy atom. The molecule has 1 unspecified atom stereocenters. The second-order valence-electron chi connectivity index (χ2n) is 7.87. The highest BCUT2D eigenvalue weighted by Gasteiger charge is 2.24. The van der Waals surface area contributed by atoms with Gasteiger partial charge in [-0.1, -0.05) is 36.4 Å². The van der Waals surface area contributed by atoms with E-state index in [2.05, 4.69) is 51.7 Å². The first-order valence-corrected chi connectivity index (χ1v) is 10.3. The van der Waals surface area contributed by atoms with Crippen LogP contribution in [0.1, 0.15) is 23.2 Å². The summed E-state index contributed by atoms with van der Waals surface area (Å²) in [4.78, 5) is 25.0. The third-order valence-corrected chi connectivity index (χ3v) is 5.95. The Bertz CT molecular complexity index is 1290. The fourth-order valence-corrected chi connectivity index (χ4v) is 4.35. The Hall–Kier alpha value is -3.60. The van der Waals surface area contributed by atoms with Crippen molar-refractivity contribution in [2.24, 2.45) is 7.05 Å². The van der Waals surface area contributed by atoms with E-state index in [-0.39, 0.29) is 11.8 Å².